The van der Waals surface area contributed by atoms with E-state index in [1.165, 1.54) is 43.9 Å². The molecule has 2 fully saturated rings. The summed E-state index contributed by atoms with van der Waals surface area (Å²) in [4.78, 5) is 12.2. The van der Waals surface area contributed by atoms with Gasteiger partial charge in [-0.15, -0.1) is 0 Å². The van der Waals surface area contributed by atoms with Crippen LogP contribution in [0.2, 0.25) is 0 Å². The Morgan fingerprint density at radius 2 is 2.20 bits per heavy atom. The zero-order chi connectivity index (χ0) is 14.3. The molecule has 0 spiro atoms. The molecule has 3 N–H and O–H groups in total. The number of carbonyl (C=O) groups is 1. The van der Waals surface area contributed by atoms with Gasteiger partial charge in [0, 0.05) is 11.7 Å². The topological polar surface area (TPSA) is 55.1 Å². The number of nitrogens with one attached hydrogen (secondary N) is 1. The highest BCUT2D eigenvalue weighted by Gasteiger charge is 2.42. The van der Waals surface area contributed by atoms with Crippen molar-refractivity contribution in [2.75, 3.05) is 5.73 Å². The Balaban J connectivity index is 1.68. The average molecular weight is 276 g/mol. The predicted octanol–water partition coefficient (Wildman–Crippen LogP) is 2.96. The summed E-state index contributed by atoms with van der Waals surface area (Å²) in [6.07, 6.45) is 5.16. The predicted molar refractivity (Wildman–Crippen MR) is 76.7 cm³/mol. The van der Waals surface area contributed by atoms with Crippen LogP contribution in [0.15, 0.2) is 18.2 Å². The van der Waals surface area contributed by atoms with Gasteiger partial charge in [0.15, 0.2) is 0 Å². The summed E-state index contributed by atoms with van der Waals surface area (Å²) in [5.74, 6) is 1.46. The highest BCUT2D eigenvalue weighted by Crippen LogP contribution is 2.49. The van der Waals surface area contributed by atoms with Gasteiger partial charge in [0.2, 0.25) is 0 Å². The molecule has 3 nitrogen and oxygen atoms in total. The van der Waals surface area contributed by atoms with Crippen molar-refractivity contribution < 1.29 is 9.18 Å². The Kier molecular flexibility index (Phi) is 3.40. The van der Waals surface area contributed by atoms with E-state index in [1.54, 1.807) is 0 Å². The number of hydrogen-bond acceptors (Lipinski definition) is 2. The maximum absolute atomic E-state index is 13.2. The maximum Gasteiger partial charge on any atom is 0.253 e. The molecule has 1 amide bonds. The van der Waals surface area contributed by atoms with Crippen molar-refractivity contribution in [3.05, 3.63) is 29.6 Å². The highest BCUT2D eigenvalue weighted by atomic mass is 19.1. The lowest BCUT2D eigenvalue weighted by molar-refractivity contribution is 0.0916. The molecule has 3 rings (SSSR count). The Hall–Kier alpha value is -1.58. The third-order valence-corrected chi connectivity index (χ3v) is 5.05. The van der Waals surface area contributed by atoms with Gasteiger partial charge in [0.1, 0.15) is 5.82 Å². The van der Waals surface area contributed by atoms with Gasteiger partial charge in [-0.25, -0.2) is 4.39 Å². The Bertz CT molecular complexity index is 531. The quantitative estimate of drug-likeness (QED) is 0.834. The molecule has 4 unspecified atom stereocenters. The maximum atomic E-state index is 13.2. The summed E-state index contributed by atoms with van der Waals surface area (Å²) < 4.78 is 13.2. The molecule has 2 aliphatic carbocycles. The number of carbonyl (C=O) groups excluding carboxylic acids is 1. The van der Waals surface area contributed by atoms with Crippen molar-refractivity contribution >= 4 is 11.6 Å². The number of anilines is 1. The minimum absolute atomic E-state index is 0.125. The minimum Gasteiger partial charge on any atom is -0.398 e. The van der Waals surface area contributed by atoms with Gasteiger partial charge in [-0.1, -0.05) is 6.42 Å². The van der Waals surface area contributed by atoms with Gasteiger partial charge in [-0.05, 0) is 62.1 Å². The number of amides is 1. The fourth-order valence-corrected chi connectivity index (χ4v) is 4.02. The number of benzene rings is 1. The lowest BCUT2D eigenvalue weighted by atomic mass is 9.84. The van der Waals surface area contributed by atoms with E-state index in [9.17, 15) is 9.18 Å². The van der Waals surface area contributed by atoms with Crippen LogP contribution in [-0.4, -0.2) is 11.9 Å². The van der Waals surface area contributed by atoms with Gasteiger partial charge in [-0.2, -0.15) is 0 Å². The monoisotopic (exact) mass is 276 g/mol. The molecule has 0 heterocycles. The van der Waals surface area contributed by atoms with E-state index in [4.69, 9.17) is 5.73 Å². The number of hydrogen-bond donors (Lipinski definition) is 2. The zero-order valence-electron chi connectivity index (χ0n) is 11.7. The van der Waals surface area contributed by atoms with Gasteiger partial charge >= 0.3 is 0 Å². The fraction of sp³-hybridized carbons (Fsp3) is 0.562. The molecular formula is C16H21FN2O. The second-order valence-corrected chi connectivity index (χ2v) is 6.33. The molecule has 0 aliphatic heterocycles. The molecule has 2 bridgehead atoms. The molecule has 0 aromatic heterocycles. The van der Waals surface area contributed by atoms with E-state index in [2.05, 4.69) is 12.2 Å². The normalized spacial score (nSPS) is 29.4. The second-order valence-electron chi connectivity index (χ2n) is 6.33. The number of rotatable bonds is 3. The minimum atomic E-state index is -0.433. The van der Waals surface area contributed by atoms with Crippen LogP contribution in [0.1, 0.15) is 43.0 Å². The van der Waals surface area contributed by atoms with Gasteiger partial charge in [0.25, 0.3) is 5.91 Å². The van der Waals surface area contributed by atoms with Crippen LogP contribution in [0, 0.1) is 23.6 Å². The van der Waals surface area contributed by atoms with Crippen molar-refractivity contribution in [2.45, 2.75) is 38.6 Å². The lowest BCUT2D eigenvalue weighted by Crippen LogP contribution is -2.40. The second kappa shape index (κ2) is 5.08. The van der Waals surface area contributed by atoms with Crippen LogP contribution in [0.25, 0.3) is 0 Å². The van der Waals surface area contributed by atoms with Crippen molar-refractivity contribution in [2.24, 2.45) is 17.8 Å². The van der Waals surface area contributed by atoms with E-state index in [-0.39, 0.29) is 17.5 Å². The van der Waals surface area contributed by atoms with Crippen LogP contribution in [0.5, 0.6) is 0 Å². The van der Waals surface area contributed by atoms with Crippen LogP contribution >= 0.6 is 0 Å². The van der Waals surface area contributed by atoms with Crippen molar-refractivity contribution in [3.63, 3.8) is 0 Å². The standard InChI is InChI=1S/C16H21FN2O/c1-9(13-7-10-2-3-11(13)6-10)19-16(20)14-8-12(17)4-5-15(14)18/h4-5,8-11,13H,2-3,6-7,18H2,1H3,(H,19,20). The summed E-state index contributed by atoms with van der Waals surface area (Å²) in [5.41, 5.74) is 6.31. The zero-order valence-corrected chi connectivity index (χ0v) is 11.7. The van der Waals surface area contributed by atoms with Crippen molar-refractivity contribution in [3.8, 4) is 0 Å². The summed E-state index contributed by atoms with van der Waals surface area (Å²) in [5, 5.41) is 3.01. The van der Waals surface area contributed by atoms with E-state index < -0.39 is 5.82 Å². The number of halogens is 1. The highest BCUT2D eigenvalue weighted by molar-refractivity contribution is 5.99. The molecule has 1 aromatic rings. The number of nitrogen functional groups attached to an aromatic ring is 1. The Morgan fingerprint density at radius 1 is 1.40 bits per heavy atom. The first-order valence-corrected chi connectivity index (χ1v) is 7.40. The molecule has 20 heavy (non-hydrogen) atoms. The van der Waals surface area contributed by atoms with Crippen LogP contribution in [0.3, 0.4) is 0 Å². The molecule has 0 saturated heterocycles. The molecule has 4 atom stereocenters. The SMILES string of the molecule is CC(NC(=O)c1cc(F)ccc1N)C1CC2CCC1C2. The first kappa shape index (κ1) is 13.4. The first-order chi connectivity index (χ1) is 9.54. The van der Waals surface area contributed by atoms with Gasteiger partial charge < -0.3 is 11.1 Å². The van der Waals surface area contributed by atoms with Crippen LogP contribution in [0.4, 0.5) is 10.1 Å². The third kappa shape index (κ3) is 2.39. The summed E-state index contributed by atoms with van der Waals surface area (Å²) in [6, 6.07) is 4.04. The summed E-state index contributed by atoms with van der Waals surface area (Å²) in [7, 11) is 0. The van der Waals surface area contributed by atoms with E-state index in [0.717, 1.165) is 11.8 Å². The number of fused-ring (bicyclic) bond motifs is 2. The molecule has 108 valence electrons. The molecular weight excluding hydrogens is 255 g/mol. The van der Waals surface area contributed by atoms with E-state index in [0.29, 0.717) is 11.6 Å². The molecule has 0 radical (unpaired) electrons. The fourth-order valence-electron chi connectivity index (χ4n) is 4.02. The van der Waals surface area contributed by atoms with E-state index >= 15 is 0 Å². The summed E-state index contributed by atoms with van der Waals surface area (Å²) >= 11 is 0. The third-order valence-electron chi connectivity index (χ3n) is 5.05. The van der Waals surface area contributed by atoms with Gasteiger partial charge in [-0.3, -0.25) is 4.79 Å². The van der Waals surface area contributed by atoms with Crippen LogP contribution in [-0.2, 0) is 0 Å². The van der Waals surface area contributed by atoms with Crippen molar-refractivity contribution in [1.82, 2.24) is 5.32 Å². The first-order valence-electron chi connectivity index (χ1n) is 7.40. The largest absolute Gasteiger partial charge is 0.398 e. The van der Waals surface area contributed by atoms with E-state index in [1.807, 2.05) is 0 Å². The molecule has 1 aromatic carbocycles. The Labute approximate surface area is 118 Å². The summed E-state index contributed by atoms with van der Waals surface area (Å²) in [6.45, 7) is 2.05. The van der Waals surface area contributed by atoms with Crippen LogP contribution < -0.4 is 11.1 Å². The molecule has 4 heteroatoms. The van der Waals surface area contributed by atoms with Gasteiger partial charge in [0.05, 0.1) is 5.56 Å². The molecule has 2 saturated carbocycles. The lowest BCUT2D eigenvalue weighted by Gasteiger charge is -2.28. The Morgan fingerprint density at radius 3 is 2.85 bits per heavy atom. The average Bonchev–Trinajstić information content (AvgIpc) is 3.03. The number of nitrogens with two attached hydrogens (primary N) is 1. The molecule has 2 aliphatic rings. The smallest absolute Gasteiger partial charge is 0.253 e. The van der Waals surface area contributed by atoms with Crippen molar-refractivity contribution in [1.29, 1.82) is 0 Å².